The van der Waals surface area contributed by atoms with Gasteiger partial charge >= 0.3 is 0 Å². The van der Waals surface area contributed by atoms with Crippen LogP contribution >= 0.6 is 0 Å². The van der Waals surface area contributed by atoms with Crippen LogP contribution in [0, 0.1) is 0 Å². The van der Waals surface area contributed by atoms with E-state index < -0.39 is 10.0 Å². The zero-order chi connectivity index (χ0) is 19.0. The molecule has 0 radical (unpaired) electrons. The molecule has 1 N–H and O–H groups in total. The van der Waals surface area contributed by atoms with Crippen LogP contribution in [-0.4, -0.2) is 46.7 Å². The van der Waals surface area contributed by atoms with Crippen molar-refractivity contribution in [3.05, 3.63) is 48.4 Å². The maximum Gasteiger partial charge on any atom is 0.244 e. The van der Waals surface area contributed by atoms with Crippen LogP contribution in [0.2, 0.25) is 0 Å². The van der Waals surface area contributed by atoms with Crippen molar-refractivity contribution in [1.82, 2.24) is 24.0 Å². The summed E-state index contributed by atoms with van der Waals surface area (Å²) in [7, 11) is -2.11. The molecule has 9 heteroatoms. The Morgan fingerprint density at radius 3 is 2.85 bits per heavy atom. The molecule has 0 atom stereocenters. The van der Waals surface area contributed by atoms with E-state index in [1.165, 1.54) is 22.6 Å². The first-order valence-corrected chi connectivity index (χ1v) is 10.3. The monoisotopic (exact) mass is 387 g/mol. The summed E-state index contributed by atoms with van der Waals surface area (Å²) >= 11 is 0. The van der Waals surface area contributed by atoms with Crippen LogP contribution in [0.25, 0.3) is 10.9 Å². The molecule has 2 aromatic heterocycles. The number of carbonyl (C=O) groups excluding carboxylic acids is 1. The summed E-state index contributed by atoms with van der Waals surface area (Å²) in [5.74, 6) is -0.235. The summed E-state index contributed by atoms with van der Waals surface area (Å²) in [5.41, 5.74) is 2.23. The van der Waals surface area contributed by atoms with Gasteiger partial charge in [-0.05, 0) is 23.9 Å². The Morgan fingerprint density at radius 2 is 2.07 bits per heavy atom. The number of sulfonamides is 1. The Morgan fingerprint density at radius 1 is 1.26 bits per heavy atom. The Labute approximate surface area is 157 Å². The normalized spacial score (nSPS) is 14.9. The van der Waals surface area contributed by atoms with Gasteiger partial charge < -0.3 is 9.47 Å². The fourth-order valence-electron chi connectivity index (χ4n) is 3.46. The molecule has 1 aliphatic heterocycles. The highest BCUT2D eigenvalue weighted by Gasteiger charge is 2.23. The summed E-state index contributed by atoms with van der Waals surface area (Å²) in [6, 6.07) is 10.2. The van der Waals surface area contributed by atoms with Gasteiger partial charge in [0.1, 0.15) is 4.90 Å². The maximum absolute atomic E-state index is 12.6. The molecule has 8 nitrogen and oxygen atoms in total. The third kappa shape index (κ3) is 3.47. The van der Waals surface area contributed by atoms with Crippen molar-refractivity contribution >= 4 is 26.8 Å². The van der Waals surface area contributed by atoms with Crippen LogP contribution in [0.3, 0.4) is 0 Å². The second-order valence-electron chi connectivity index (χ2n) is 6.69. The Hall–Kier alpha value is -2.65. The molecule has 0 spiro atoms. The first-order chi connectivity index (χ1) is 12.9. The predicted molar refractivity (Wildman–Crippen MR) is 100 cm³/mol. The number of hydrogen-bond donors (Lipinski definition) is 1. The Kier molecular flexibility index (Phi) is 4.48. The number of fused-ring (bicyclic) bond motifs is 3. The number of aryl methyl sites for hydroxylation is 2. The summed E-state index contributed by atoms with van der Waals surface area (Å²) in [5, 5.41) is 5.01. The topological polar surface area (TPSA) is 89.2 Å². The van der Waals surface area contributed by atoms with Crippen molar-refractivity contribution in [2.24, 2.45) is 7.05 Å². The molecule has 3 aromatic rings. The van der Waals surface area contributed by atoms with Crippen LogP contribution in [-0.2, 0) is 35.0 Å². The molecule has 142 valence electrons. The molecule has 27 heavy (non-hydrogen) atoms. The summed E-state index contributed by atoms with van der Waals surface area (Å²) in [6.45, 7) is 1.65. The van der Waals surface area contributed by atoms with Gasteiger partial charge in [0.25, 0.3) is 0 Å². The number of aromatic nitrogens is 3. The fourth-order valence-corrected chi connectivity index (χ4v) is 4.42. The number of benzene rings is 1. The molecular formula is C18H21N5O3S. The van der Waals surface area contributed by atoms with E-state index in [2.05, 4.69) is 32.6 Å². The number of nitrogens with zero attached hydrogens (tertiary/aromatic N) is 4. The van der Waals surface area contributed by atoms with Crippen molar-refractivity contribution < 1.29 is 13.2 Å². The van der Waals surface area contributed by atoms with Crippen LogP contribution in [0.4, 0.5) is 0 Å². The van der Waals surface area contributed by atoms with Crippen molar-refractivity contribution in [2.45, 2.75) is 24.4 Å². The molecule has 0 saturated heterocycles. The quantitative estimate of drug-likeness (QED) is 0.726. The Bertz CT molecular complexity index is 1100. The molecule has 1 aromatic carbocycles. The standard InChI is InChI=1S/C18H21N5O3S/c1-21-13-16(10-19-21)27(25,26)20-11-18(24)22-7-4-8-23-15(12-22)9-14-5-2-3-6-17(14)23/h2-3,5-6,9-10,13,20H,4,7-8,11-12H2,1H3. The van der Waals surface area contributed by atoms with E-state index in [9.17, 15) is 13.2 Å². The Balaban J connectivity index is 1.47. The van der Waals surface area contributed by atoms with E-state index in [-0.39, 0.29) is 17.3 Å². The lowest BCUT2D eigenvalue weighted by Gasteiger charge is -2.20. The molecule has 0 aliphatic carbocycles. The van der Waals surface area contributed by atoms with Gasteiger partial charge in [0, 0.05) is 37.5 Å². The second kappa shape index (κ2) is 6.82. The van der Waals surface area contributed by atoms with Crippen molar-refractivity contribution in [3.8, 4) is 0 Å². The smallest absolute Gasteiger partial charge is 0.244 e. The molecule has 0 saturated carbocycles. The van der Waals surface area contributed by atoms with E-state index in [0.29, 0.717) is 13.1 Å². The number of rotatable bonds is 4. The molecule has 0 bridgehead atoms. The minimum absolute atomic E-state index is 0.0498. The van der Waals surface area contributed by atoms with Gasteiger partial charge in [0.05, 0.1) is 19.3 Å². The van der Waals surface area contributed by atoms with Gasteiger partial charge in [0.2, 0.25) is 15.9 Å². The van der Waals surface area contributed by atoms with E-state index >= 15 is 0 Å². The van der Waals surface area contributed by atoms with E-state index in [1.54, 1.807) is 11.9 Å². The van der Waals surface area contributed by atoms with E-state index in [1.807, 2.05) is 12.1 Å². The summed E-state index contributed by atoms with van der Waals surface area (Å²) in [4.78, 5) is 14.4. The number of carbonyl (C=O) groups is 1. The van der Waals surface area contributed by atoms with Gasteiger partial charge in [-0.3, -0.25) is 9.48 Å². The van der Waals surface area contributed by atoms with E-state index in [4.69, 9.17) is 0 Å². The zero-order valence-electron chi connectivity index (χ0n) is 15.0. The van der Waals surface area contributed by atoms with Gasteiger partial charge in [-0.25, -0.2) is 13.1 Å². The molecule has 1 aliphatic rings. The minimum Gasteiger partial charge on any atom is -0.343 e. The highest BCUT2D eigenvalue weighted by molar-refractivity contribution is 7.89. The number of hydrogen-bond acceptors (Lipinski definition) is 4. The molecule has 1 amide bonds. The van der Waals surface area contributed by atoms with Crippen molar-refractivity contribution in [1.29, 1.82) is 0 Å². The van der Waals surface area contributed by atoms with Gasteiger partial charge in [-0.2, -0.15) is 5.10 Å². The third-order valence-corrected chi connectivity index (χ3v) is 6.17. The van der Waals surface area contributed by atoms with Crippen molar-refractivity contribution in [3.63, 3.8) is 0 Å². The lowest BCUT2D eigenvalue weighted by Crippen LogP contribution is -2.39. The van der Waals surface area contributed by atoms with Gasteiger partial charge in [-0.15, -0.1) is 0 Å². The second-order valence-corrected chi connectivity index (χ2v) is 8.46. The lowest BCUT2D eigenvalue weighted by atomic mass is 10.2. The van der Waals surface area contributed by atoms with Gasteiger partial charge in [-0.1, -0.05) is 18.2 Å². The highest BCUT2D eigenvalue weighted by Crippen LogP contribution is 2.23. The predicted octanol–water partition coefficient (Wildman–Crippen LogP) is 1.09. The molecule has 4 rings (SSSR count). The maximum atomic E-state index is 12.6. The molecular weight excluding hydrogens is 366 g/mol. The molecule has 0 unspecified atom stereocenters. The number of nitrogens with one attached hydrogen (secondary N) is 1. The summed E-state index contributed by atoms with van der Waals surface area (Å²) in [6.07, 6.45) is 3.49. The first-order valence-electron chi connectivity index (χ1n) is 8.77. The van der Waals surface area contributed by atoms with Crippen LogP contribution in [0.5, 0.6) is 0 Å². The number of para-hydroxylation sites is 1. The van der Waals surface area contributed by atoms with Crippen LogP contribution in [0.1, 0.15) is 12.1 Å². The summed E-state index contributed by atoms with van der Waals surface area (Å²) < 4.78 is 30.6. The molecule has 3 heterocycles. The van der Waals surface area contributed by atoms with Crippen LogP contribution < -0.4 is 4.72 Å². The first kappa shape index (κ1) is 17.7. The SMILES string of the molecule is Cn1cc(S(=O)(=O)NCC(=O)N2CCCn3c(cc4ccccc43)C2)cn1. The fraction of sp³-hybridized carbons (Fsp3) is 0.333. The van der Waals surface area contributed by atoms with Gasteiger partial charge in [0.15, 0.2) is 0 Å². The third-order valence-electron chi connectivity index (χ3n) is 4.82. The van der Waals surface area contributed by atoms with E-state index in [0.717, 1.165) is 24.0 Å². The van der Waals surface area contributed by atoms with Crippen molar-refractivity contribution in [2.75, 3.05) is 13.1 Å². The largest absolute Gasteiger partial charge is 0.343 e. The minimum atomic E-state index is -3.75. The lowest BCUT2D eigenvalue weighted by molar-refractivity contribution is -0.130. The average Bonchev–Trinajstić information content (AvgIpc) is 3.17. The van der Waals surface area contributed by atoms with Crippen LogP contribution in [0.15, 0.2) is 47.6 Å². The zero-order valence-corrected chi connectivity index (χ0v) is 15.8. The average molecular weight is 387 g/mol. The number of amides is 1. The molecule has 0 fully saturated rings. The highest BCUT2D eigenvalue weighted by atomic mass is 32.2.